The molecule has 1 atom stereocenters. The number of hydrogen-bond donors (Lipinski definition) is 1. The van der Waals surface area contributed by atoms with E-state index in [0.29, 0.717) is 12.0 Å². The molecule has 0 fully saturated rings. The number of fused-ring (bicyclic) bond motifs is 1. The summed E-state index contributed by atoms with van der Waals surface area (Å²) in [7, 11) is 0. The zero-order chi connectivity index (χ0) is 16.3. The summed E-state index contributed by atoms with van der Waals surface area (Å²) in [6.07, 6.45) is -1.90. The molecule has 0 bridgehead atoms. The second-order valence-corrected chi connectivity index (χ2v) is 4.72. The summed E-state index contributed by atoms with van der Waals surface area (Å²) in [5.74, 6) is -0.236. The second kappa shape index (κ2) is 6.59. The van der Waals surface area contributed by atoms with Gasteiger partial charge in [0.05, 0.1) is 0 Å². The number of aromatic nitrogens is 2. The van der Waals surface area contributed by atoms with Crippen LogP contribution in [0.2, 0.25) is 0 Å². The van der Waals surface area contributed by atoms with Crippen LogP contribution in [0.25, 0.3) is 11.1 Å². The Hall–Kier alpha value is -2.38. The predicted octanol–water partition coefficient (Wildman–Crippen LogP) is 3.01. The monoisotopic (exact) mass is 314 g/mol. The first kappa shape index (κ1) is 16.0. The number of alkyl halides is 1. The zero-order valence-corrected chi connectivity index (χ0v) is 11.7. The van der Waals surface area contributed by atoms with E-state index in [0.717, 1.165) is 12.1 Å². The highest BCUT2D eigenvalue weighted by Gasteiger charge is 2.15. The quantitative estimate of drug-likeness (QED) is 0.861. The maximum atomic E-state index is 13.2. The van der Waals surface area contributed by atoms with Crippen molar-refractivity contribution in [3.05, 3.63) is 50.4 Å². The first-order valence-electron chi connectivity index (χ1n) is 6.60. The molecule has 2 rings (SSSR count). The van der Waals surface area contributed by atoms with Crippen molar-refractivity contribution in [2.45, 2.75) is 32.4 Å². The number of rotatable bonds is 5. The highest BCUT2D eigenvalue weighted by atomic mass is 19.3. The highest BCUT2D eigenvalue weighted by molar-refractivity contribution is 5.75. The van der Waals surface area contributed by atoms with Crippen LogP contribution in [0.4, 0.5) is 13.2 Å². The molecule has 22 heavy (non-hydrogen) atoms. The molecule has 8 heteroatoms. The summed E-state index contributed by atoms with van der Waals surface area (Å²) in [6.45, 7) is 1.18. The molecule has 2 heterocycles. The van der Waals surface area contributed by atoms with Gasteiger partial charge in [-0.3, -0.25) is 4.79 Å². The van der Waals surface area contributed by atoms with Crippen molar-refractivity contribution in [3.8, 4) is 0 Å². The van der Waals surface area contributed by atoms with Gasteiger partial charge in [0.1, 0.15) is 11.2 Å². The van der Waals surface area contributed by atoms with Gasteiger partial charge in [-0.05, 0) is 37.8 Å². The Morgan fingerprint density at radius 3 is 2.82 bits per heavy atom. The molecule has 2 aromatic heterocycles. The average molecular weight is 314 g/mol. The van der Waals surface area contributed by atoms with Gasteiger partial charge in [0.2, 0.25) is 5.71 Å². The first-order valence-corrected chi connectivity index (χ1v) is 6.60. The van der Waals surface area contributed by atoms with E-state index in [1.165, 1.54) is 6.92 Å². The molecule has 1 unspecified atom stereocenters. The van der Waals surface area contributed by atoms with Crippen LogP contribution in [0.15, 0.2) is 32.2 Å². The molecule has 118 valence electrons. The minimum atomic E-state index is -1.78. The average Bonchev–Trinajstić information content (AvgIpc) is 2.42. The number of aromatic amines is 1. The van der Waals surface area contributed by atoms with Crippen LogP contribution < -0.4 is 11.2 Å². The number of halogens is 3. The molecule has 2 aromatic rings. The largest absolute Gasteiger partial charge is 0.403 e. The maximum Gasteiger partial charge on any atom is 0.337 e. The lowest BCUT2D eigenvalue weighted by molar-refractivity contribution is 0.355. The van der Waals surface area contributed by atoms with Crippen LogP contribution in [-0.4, -0.2) is 9.97 Å². The van der Waals surface area contributed by atoms with E-state index < -0.39 is 23.4 Å². The number of hydrogen-bond acceptors (Lipinski definition) is 4. The van der Waals surface area contributed by atoms with Gasteiger partial charge < -0.3 is 9.40 Å². The summed E-state index contributed by atoms with van der Waals surface area (Å²) in [5.41, 5.74) is -1.27. The molecule has 0 radical (unpaired) electrons. The molecule has 1 N–H and O–H groups in total. The third-order valence-electron chi connectivity index (χ3n) is 3.04. The SMILES string of the molecule is CC(F)c1nc2oc(=O)cc(CCCC=C(F)F)c2c(=O)[nH]1. The molecule has 0 aliphatic carbocycles. The minimum absolute atomic E-state index is 0.0358. The molecule has 0 aromatic carbocycles. The van der Waals surface area contributed by atoms with Crippen molar-refractivity contribution < 1.29 is 17.6 Å². The fourth-order valence-corrected chi connectivity index (χ4v) is 2.05. The number of aryl methyl sites for hydroxylation is 1. The standard InChI is InChI=1S/C14H13F3N2O3/c1-7(15)12-18-13(21)11-8(4-2-3-5-9(16)17)6-10(20)22-14(11)19-12/h5-7H,2-4H2,1H3,(H,18,19,21). The van der Waals surface area contributed by atoms with Crippen molar-refractivity contribution in [2.75, 3.05) is 0 Å². The Bertz CT molecular complexity index is 820. The molecule has 5 nitrogen and oxygen atoms in total. The molecule has 0 aliphatic rings. The van der Waals surface area contributed by atoms with Crippen LogP contribution in [0, 0.1) is 0 Å². The fourth-order valence-electron chi connectivity index (χ4n) is 2.05. The Morgan fingerprint density at radius 1 is 1.45 bits per heavy atom. The Morgan fingerprint density at radius 2 is 2.18 bits per heavy atom. The van der Waals surface area contributed by atoms with Crippen molar-refractivity contribution in [2.24, 2.45) is 0 Å². The summed E-state index contributed by atoms with van der Waals surface area (Å²) in [5, 5.41) is 0.0358. The van der Waals surface area contributed by atoms with E-state index in [4.69, 9.17) is 4.42 Å². The van der Waals surface area contributed by atoms with E-state index in [1.807, 2.05) is 0 Å². The minimum Gasteiger partial charge on any atom is -0.403 e. The molecular formula is C14H13F3N2O3. The zero-order valence-electron chi connectivity index (χ0n) is 11.7. The van der Waals surface area contributed by atoms with E-state index in [1.54, 1.807) is 0 Å². The van der Waals surface area contributed by atoms with Crippen molar-refractivity contribution >= 4 is 11.1 Å². The van der Waals surface area contributed by atoms with Crippen LogP contribution in [0.1, 0.15) is 37.3 Å². The molecular weight excluding hydrogens is 301 g/mol. The molecule has 0 saturated heterocycles. The van der Waals surface area contributed by atoms with Gasteiger partial charge in [-0.1, -0.05) is 0 Å². The Labute approximate surface area is 122 Å². The maximum absolute atomic E-state index is 13.2. The number of nitrogens with zero attached hydrogens (tertiary/aromatic N) is 1. The van der Waals surface area contributed by atoms with Crippen LogP contribution >= 0.6 is 0 Å². The topological polar surface area (TPSA) is 76.0 Å². The van der Waals surface area contributed by atoms with Crippen molar-refractivity contribution in [1.29, 1.82) is 0 Å². The van der Waals surface area contributed by atoms with Crippen LogP contribution in [0.3, 0.4) is 0 Å². The summed E-state index contributed by atoms with van der Waals surface area (Å²) < 4.78 is 42.0. The van der Waals surface area contributed by atoms with E-state index in [2.05, 4.69) is 9.97 Å². The van der Waals surface area contributed by atoms with Crippen molar-refractivity contribution in [1.82, 2.24) is 9.97 Å². The van der Waals surface area contributed by atoms with Crippen LogP contribution in [-0.2, 0) is 6.42 Å². The lowest BCUT2D eigenvalue weighted by Crippen LogP contribution is -2.16. The third kappa shape index (κ3) is 3.63. The Balaban J connectivity index is 2.44. The third-order valence-corrected chi connectivity index (χ3v) is 3.04. The summed E-state index contributed by atoms with van der Waals surface area (Å²) in [4.78, 5) is 29.6. The smallest absolute Gasteiger partial charge is 0.337 e. The number of nitrogens with one attached hydrogen (secondary N) is 1. The molecule has 0 spiro atoms. The van der Waals surface area contributed by atoms with Gasteiger partial charge in [0, 0.05) is 6.07 Å². The summed E-state index contributed by atoms with van der Waals surface area (Å²) in [6, 6.07) is 1.12. The van der Waals surface area contributed by atoms with Gasteiger partial charge in [-0.15, -0.1) is 0 Å². The number of unbranched alkanes of at least 4 members (excludes halogenated alkanes) is 1. The fraction of sp³-hybridized carbons (Fsp3) is 0.357. The normalized spacial score (nSPS) is 12.4. The molecule has 0 saturated carbocycles. The van der Waals surface area contributed by atoms with Crippen molar-refractivity contribution in [3.63, 3.8) is 0 Å². The first-order chi connectivity index (χ1) is 10.4. The van der Waals surface area contributed by atoms with Gasteiger partial charge in [0.15, 0.2) is 6.17 Å². The highest BCUT2D eigenvalue weighted by Crippen LogP contribution is 2.17. The number of H-pyrrole nitrogens is 1. The van der Waals surface area contributed by atoms with Gasteiger partial charge in [-0.2, -0.15) is 13.8 Å². The number of allylic oxidation sites excluding steroid dienone is 1. The predicted molar refractivity (Wildman–Crippen MR) is 73.7 cm³/mol. The lowest BCUT2D eigenvalue weighted by atomic mass is 10.1. The lowest BCUT2D eigenvalue weighted by Gasteiger charge is -2.06. The second-order valence-electron chi connectivity index (χ2n) is 4.72. The van der Waals surface area contributed by atoms with E-state index >= 15 is 0 Å². The van der Waals surface area contributed by atoms with Gasteiger partial charge in [-0.25, -0.2) is 9.18 Å². The van der Waals surface area contributed by atoms with Crippen LogP contribution in [0.5, 0.6) is 0 Å². The molecule has 0 aliphatic heterocycles. The van der Waals surface area contributed by atoms with Gasteiger partial charge >= 0.3 is 5.63 Å². The Kier molecular flexibility index (Phi) is 4.79. The molecule has 0 amide bonds. The van der Waals surface area contributed by atoms with E-state index in [9.17, 15) is 22.8 Å². The van der Waals surface area contributed by atoms with Gasteiger partial charge in [0.25, 0.3) is 11.6 Å². The summed E-state index contributed by atoms with van der Waals surface area (Å²) >= 11 is 0. The van der Waals surface area contributed by atoms with E-state index in [-0.39, 0.29) is 29.8 Å².